The van der Waals surface area contributed by atoms with Crippen LogP contribution in [0, 0.1) is 6.07 Å². The Kier molecular flexibility index (Phi) is 2.00. The van der Waals surface area contributed by atoms with Crippen LogP contribution in [0.5, 0.6) is 0 Å². The lowest BCUT2D eigenvalue weighted by atomic mass is 10.1. The number of anilines is 1. The molecule has 0 bridgehead atoms. The molecule has 0 aromatic heterocycles. The average molecular weight is 208 g/mol. The summed E-state index contributed by atoms with van der Waals surface area (Å²) in [6.45, 7) is 0.648. The average Bonchev–Trinajstić information content (AvgIpc) is 2.69. The van der Waals surface area contributed by atoms with Gasteiger partial charge in [-0.1, -0.05) is 36.4 Å². The fourth-order valence-electron chi connectivity index (χ4n) is 2.00. The van der Waals surface area contributed by atoms with Crippen LogP contribution >= 0.6 is 0 Å². The van der Waals surface area contributed by atoms with Crippen LogP contribution in [0.2, 0.25) is 0 Å². The maximum absolute atomic E-state index is 12.1. The number of rotatable bonds is 1. The Balaban J connectivity index is 2.02. The lowest BCUT2D eigenvalue weighted by Crippen LogP contribution is -2.22. The predicted octanol–water partition coefficient (Wildman–Crippen LogP) is 2.65. The molecule has 16 heavy (non-hydrogen) atoms. The fourth-order valence-corrected chi connectivity index (χ4v) is 2.00. The van der Waals surface area contributed by atoms with E-state index in [0.717, 1.165) is 16.8 Å². The van der Waals surface area contributed by atoms with Gasteiger partial charge in [-0.15, -0.1) is 0 Å². The molecule has 0 N–H and O–H groups in total. The number of amides is 1. The van der Waals surface area contributed by atoms with Gasteiger partial charge in [-0.05, 0) is 17.7 Å². The molecule has 1 amide bonds. The second-order valence-corrected chi connectivity index (χ2v) is 3.80. The van der Waals surface area contributed by atoms with Crippen molar-refractivity contribution in [1.29, 1.82) is 0 Å². The summed E-state index contributed by atoms with van der Waals surface area (Å²) in [5, 5.41) is 0. The summed E-state index contributed by atoms with van der Waals surface area (Å²) < 4.78 is 0. The first kappa shape index (κ1) is 9.16. The molecule has 0 unspecified atom stereocenters. The van der Waals surface area contributed by atoms with E-state index in [1.54, 1.807) is 4.90 Å². The summed E-state index contributed by atoms with van der Waals surface area (Å²) in [4.78, 5) is 13.9. The molecule has 0 aliphatic carbocycles. The minimum Gasteiger partial charge on any atom is -0.303 e. The Morgan fingerprint density at radius 2 is 1.88 bits per heavy atom. The van der Waals surface area contributed by atoms with Crippen molar-refractivity contribution in [3.05, 3.63) is 65.7 Å². The molecular weight excluding hydrogens is 198 g/mol. The Bertz CT molecular complexity index is 533. The molecule has 0 saturated heterocycles. The number of hydrogen-bond acceptors (Lipinski definition) is 1. The van der Waals surface area contributed by atoms with Gasteiger partial charge in [-0.3, -0.25) is 4.79 Å². The molecule has 0 saturated carbocycles. The van der Waals surface area contributed by atoms with Gasteiger partial charge in [-0.2, -0.15) is 0 Å². The van der Waals surface area contributed by atoms with Crippen molar-refractivity contribution in [3.63, 3.8) is 0 Å². The van der Waals surface area contributed by atoms with Crippen LogP contribution in [-0.2, 0) is 6.54 Å². The minimum atomic E-state index is 0.0676. The van der Waals surface area contributed by atoms with Crippen LogP contribution in [0.15, 0.2) is 48.5 Å². The molecule has 0 atom stereocenters. The highest BCUT2D eigenvalue weighted by atomic mass is 16.2. The van der Waals surface area contributed by atoms with E-state index in [9.17, 15) is 4.79 Å². The van der Waals surface area contributed by atoms with Gasteiger partial charge < -0.3 is 4.90 Å². The SMILES string of the molecule is O=C1c2ccccc2CN1c1[c]cccc1. The highest BCUT2D eigenvalue weighted by Gasteiger charge is 2.27. The molecule has 1 aliphatic rings. The van der Waals surface area contributed by atoms with Crippen LogP contribution in [0.3, 0.4) is 0 Å². The topological polar surface area (TPSA) is 20.3 Å². The van der Waals surface area contributed by atoms with Gasteiger partial charge in [-0.25, -0.2) is 0 Å². The van der Waals surface area contributed by atoms with E-state index in [1.807, 2.05) is 48.5 Å². The summed E-state index contributed by atoms with van der Waals surface area (Å²) in [6, 6.07) is 18.4. The second-order valence-electron chi connectivity index (χ2n) is 3.80. The third kappa shape index (κ3) is 1.31. The monoisotopic (exact) mass is 208 g/mol. The molecule has 2 aromatic rings. The van der Waals surface area contributed by atoms with Gasteiger partial charge in [0.15, 0.2) is 0 Å². The van der Waals surface area contributed by atoms with Crippen LogP contribution < -0.4 is 4.90 Å². The van der Waals surface area contributed by atoms with Crippen molar-refractivity contribution in [1.82, 2.24) is 0 Å². The molecule has 77 valence electrons. The van der Waals surface area contributed by atoms with Crippen molar-refractivity contribution in [3.8, 4) is 0 Å². The van der Waals surface area contributed by atoms with Gasteiger partial charge in [0.1, 0.15) is 0 Å². The van der Waals surface area contributed by atoms with E-state index in [4.69, 9.17) is 0 Å². The molecule has 2 heteroatoms. The summed E-state index contributed by atoms with van der Waals surface area (Å²) in [7, 11) is 0. The highest BCUT2D eigenvalue weighted by molar-refractivity contribution is 6.09. The Labute approximate surface area is 94.1 Å². The second kappa shape index (κ2) is 3.49. The number of para-hydroxylation sites is 1. The van der Waals surface area contributed by atoms with Gasteiger partial charge >= 0.3 is 0 Å². The van der Waals surface area contributed by atoms with Crippen LogP contribution in [0.4, 0.5) is 5.69 Å². The van der Waals surface area contributed by atoms with E-state index in [1.165, 1.54) is 0 Å². The van der Waals surface area contributed by atoms with E-state index in [0.29, 0.717) is 6.54 Å². The smallest absolute Gasteiger partial charge is 0.258 e. The molecule has 1 radical (unpaired) electrons. The molecule has 1 aliphatic heterocycles. The van der Waals surface area contributed by atoms with Gasteiger partial charge in [0.2, 0.25) is 0 Å². The summed E-state index contributed by atoms with van der Waals surface area (Å²) in [5.74, 6) is 0.0676. The standard InChI is InChI=1S/C14H10NO/c16-14-13-9-5-4-6-11(13)10-15(14)12-7-2-1-3-8-12/h1-7,9H,10H2. The van der Waals surface area contributed by atoms with E-state index < -0.39 is 0 Å². The first-order valence-corrected chi connectivity index (χ1v) is 5.23. The third-order valence-electron chi connectivity index (χ3n) is 2.80. The lowest BCUT2D eigenvalue weighted by molar-refractivity contribution is 0.0996. The Morgan fingerprint density at radius 1 is 1.06 bits per heavy atom. The number of carbonyl (C=O) groups is 1. The van der Waals surface area contributed by atoms with E-state index >= 15 is 0 Å². The van der Waals surface area contributed by atoms with Gasteiger partial charge in [0.05, 0.1) is 12.2 Å². The zero-order valence-corrected chi connectivity index (χ0v) is 8.68. The number of carbonyl (C=O) groups excluding carboxylic acids is 1. The lowest BCUT2D eigenvalue weighted by Gasteiger charge is -2.14. The zero-order valence-electron chi connectivity index (χ0n) is 8.68. The molecule has 1 heterocycles. The van der Waals surface area contributed by atoms with Gasteiger partial charge in [0.25, 0.3) is 5.91 Å². The van der Waals surface area contributed by atoms with Crippen molar-refractivity contribution in [2.24, 2.45) is 0 Å². The van der Waals surface area contributed by atoms with E-state index in [2.05, 4.69) is 6.07 Å². The predicted molar refractivity (Wildman–Crippen MR) is 62.2 cm³/mol. The minimum absolute atomic E-state index is 0.0676. The first-order chi connectivity index (χ1) is 7.86. The zero-order chi connectivity index (χ0) is 11.0. The molecule has 2 aromatic carbocycles. The molecule has 3 rings (SSSR count). The summed E-state index contributed by atoms with van der Waals surface area (Å²) in [6.07, 6.45) is 0. The van der Waals surface area contributed by atoms with E-state index in [-0.39, 0.29) is 5.91 Å². The van der Waals surface area contributed by atoms with Crippen LogP contribution in [0.1, 0.15) is 15.9 Å². The fraction of sp³-hybridized carbons (Fsp3) is 0.0714. The van der Waals surface area contributed by atoms with Crippen molar-refractivity contribution >= 4 is 11.6 Å². The quantitative estimate of drug-likeness (QED) is 0.705. The number of hydrogen-bond donors (Lipinski definition) is 0. The molecule has 0 spiro atoms. The maximum Gasteiger partial charge on any atom is 0.258 e. The third-order valence-corrected chi connectivity index (χ3v) is 2.80. The summed E-state index contributed by atoms with van der Waals surface area (Å²) >= 11 is 0. The molecular formula is C14H10NO. The highest BCUT2D eigenvalue weighted by Crippen LogP contribution is 2.27. The van der Waals surface area contributed by atoms with Crippen molar-refractivity contribution < 1.29 is 4.79 Å². The molecule has 2 nitrogen and oxygen atoms in total. The number of fused-ring (bicyclic) bond motifs is 1. The van der Waals surface area contributed by atoms with Crippen LogP contribution in [0.25, 0.3) is 0 Å². The van der Waals surface area contributed by atoms with Crippen LogP contribution in [-0.4, -0.2) is 5.91 Å². The van der Waals surface area contributed by atoms with Crippen molar-refractivity contribution in [2.45, 2.75) is 6.54 Å². The first-order valence-electron chi connectivity index (χ1n) is 5.23. The summed E-state index contributed by atoms with van der Waals surface area (Å²) in [5.41, 5.74) is 2.73. The normalized spacial score (nSPS) is 14.0. The molecule has 0 fully saturated rings. The number of benzene rings is 2. The van der Waals surface area contributed by atoms with Gasteiger partial charge in [0, 0.05) is 11.6 Å². The maximum atomic E-state index is 12.1. The Hall–Kier alpha value is -2.09. The van der Waals surface area contributed by atoms with Crippen molar-refractivity contribution in [2.75, 3.05) is 4.90 Å². The Morgan fingerprint density at radius 3 is 2.62 bits per heavy atom. The largest absolute Gasteiger partial charge is 0.303 e. The number of nitrogens with zero attached hydrogens (tertiary/aromatic N) is 1.